The van der Waals surface area contributed by atoms with Gasteiger partial charge in [0.05, 0.1) is 25.7 Å². The minimum atomic E-state index is -0.407. The number of rotatable bonds is 9. The maximum Gasteiger partial charge on any atom is 0.308 e. The Balaban J connectivity index is 1.98. The van der Waals surface area contributed by atoms with E-state index in [0.29, 0.717) is 12.8 Å². The number of carbonyl (C=O) groups is 2. The highest BCUT2D eigenvalue weighted by molar-refractivity contribution is 5.78. The van der Waals surface area contributed by atoms with Gasteiger partial charge in [-0.15, -0.1) is 0 Å². The summed E-state index contributed by atoms with van der Waals surface area (Å²) in [4.78, 5) is 24.5. The SMILES string of the molecule is COc1cccc(CCC(=O)NC(CC(=O)OC(C)C)c2ccccc2)c1. The first-order chi connectivity index (χ1) is 13.0. The van der Waals surface area contributed by atoms with Crippen LogP contribution >= 0.6 is 0 Å². The monoisotopic (exact) mass is 369 g/mol. The van der Waals surface area contributed by atoms with Crippen LogP contribution in [-0.2, 0) is 20.7 Å². The summed E-state index contributed by atoms with van der Waals surface area (Å²) in [5.41, 5.74) is 1.91. The molecular formula is C22H27NO4. The van der Waals surface area contributed by atoms with Gasteiger partial charge in [0.1, 0.15) is 5.75 Å². The molecule has 0 heterocycles. The number of nitrogens with one attached hydrogen (secondary N) is 1. The molecule has 5 heteroatoms. The van der Waals surface area contributed by atoms with Gasteiger partial charge in [0.15, 0.2) is 0 Å². The third-order valence-corrected chi connectivity index (χ3v) is 4.05. The topological polar surface area (TPSA) is 64.6 Å². The highest BCUT2D eigenvalue weighted by Gasteiger charge is 2.20. The van der Waals surface area contributed by atoms with Crippen LogP contribution in [0.15, 0.2) is 54.6 Å². The summed E-state index contributed by atoms with van der Waals surface area (Å²) in [6.45, 7) is 3.62. The van der Waals surface area contributed by atoms with Gasteiger partial charge in [0.25, 0.3) is 0 Å². The molecule has 0 aliphatic rings. The number of hydrogen-bond acceptors (Lipinski definition) is 4. The molecule has 0 bridgehead atoms. The Morgan fingerprint density at radius 3 is 2.44 bits per heavy atom. The summed E-state index contributed by atoms with van der Waals surface area (Å²) in [5.74, 6) is 0.336. The van der Waals surface area contributed by atoms with Crippen molar-refractivity contribution >= 4 is 11.9 Å². The summed E-state index contributed by atoms with van der Waals surface area (Å²) < 4.78 is 10.4. The third-order valence-electron chi connectivity index (χ3n) is 4.05. The molecular weight excluding hydrogens is 342 g/mol. The van der Waals surface area contributed by atoms with E-state index in [9.17, 15) is 9.59 Å². The number of esters is 1. The van der Waals surface area contributed by atoms with Crippen molar-refractivity contribution in [2.24, 2.45) is 0 Å². The fraction of sp³-hybridized carbons (Fsp3) is 0.364. The van der Waals surface area contributed by atoms with Crippen LogP contribution in [0, 0.1) is 0 Å². The Morgan fingerprint density at radius 2 is 1.78 bits per heavy atom. The standard InChI is InChI=1S/C22H27NO4/c1-16(2)27-22(25)15-20(18-9-5-4-6-10-18)23-21(24)13-12-17-8-7-11-19(14-17)26-3/h4-11,14,16,20H,12-13,15H2,1-3H3,(H,23,24). The molecule has 0 saturated carbocycles. The molecule has 0 radical (unpaired) electrons. The Hall–Kier alpha value is -2.82. The zero-order chi connectivity index (χ0) is 19.6. The van der Waals surface area contributed by atoms with Gasteiger partial charge in [-0.2, -0.15) is 0 Å². The van der Waals surface area contributed by atoms with Gasteiger partial charge in [-0.25, -0.2) is 0 Å². The van der Waals surface area contributed by atoms with E-state index in [-0.39, 0.29) is 24.4 Å². The average Bonchev–Trinajstić information content (AvgIpc) is 2.66. The second-order valence-corrected chi connectivity index (χ2v) is 6.63. The van der Waals surface area contributed by atoms with Gasteiger partial charge in [-0.05, 0) is 43.5 Å². The Kier molecular flexibility index (Phi) is 7.86. The lowest BCUT2D eigenvalue weighted by atomic mass is 10.0. The molecule has 1 atom stereocenters. The van der Waals surface area contributed by atoms with E-state index in [4.69, 9.17) is 9.47 Å². The molecule has 0 aromatic heterocycles. The molecule has 1 unspecified atom stereocenters. The smallest absolute Gasteiger partial charge is 0.308 e. The molecule has 5 nitrogen and oxygen atoms in total. The summed E-state index contributed by atoms with van der Waals surface area (Å²) in [6, 6.07) is 16.7. The number of benzene rings is 2. The third kappa shape index (κ3) is 7.13. The normalized spacial score (nSPS) is 11.7. The van der Waals surface area contributed by atoms with E-state index >= 15 is 0 Å². The van der Waals surface area contributed by atoms with Crippen molar-refractivity contribution in [1.82, 2.24) is 5.32 Å². The van der Waals surface area contributed by atoms with Crippen molar-refractivity contribution in [2.45, 2.75) is 45.3 Å². The van der Waals surface area contributed by atoms with Crippen LogP contribution in [0.25, 0.3) is 0 Å². The number of ether oxygens (including phenoxy) is 2. The van der Waals surface area contributed by atoms with E-state index < -0.39 is 6.04 Å². The molecule has 0 aliphatic heterocycles. The largest absolute Gasteiger partial charge is 0.497 e. The Morgan fingerprint density at radius 1 is 1.04 bits per heavy atom. The predicted octanol–water partition coefficient (Wildman–Crippen LogP) is 3.83. The first kappa shape index (κ1) is 20.5. The lowest BCUT2D eigenvalue weighted by Crippen LogP contribution is -2.31. The summed E-state index contributed by atoms with van der Waals surface area (Å²) in [5, 5.41) is 2.97. The number of amides is 1. The minimum absolute atomic E-state index is 0.104. The van der Waals surface area contributed by atoms with Gasteiger partial charge in [-0.3, -0.25) is 9.59 Å². The zero-order valence-electron chi connectivity index (χ0n) is 16.1. The molecule has 27 heavy (non-hydrogen) atoms. The van der Waals surface area contributed by atoms with E-state index in [2.05, 4.69) is 5.32 Å². The van der Waals surface area contributed by atoms with Crippen LogP contribution < -0.4 is 10.1 Å². The minimum Gasteiger partial charge on any atom is -0.497 e. The van der Waals surface area contributed by atoms with Gasteiger partial charge in [-0.1, -0.05) is 42.5 Å². The molecule has 0 aliphatic carbocycles. The number of aryl methyl sites for hydroxylation is 1. The van der Waals surface area contributed by atoms with E-state index in [0.717, 1.165) is 16.9 Å². The summed E-state index contributed by atoms with van der Waals surface area (Å²) >= 11 is 0. The van der Waals surface area contributed by atoms with Crippen molar-refractivity contribution < 1.29 is 19.1 Å². The maximum absolute atomic E-state index is 12.5. The molecule has 0 fully saturated rings. The van der Waals surface area contributed by atoms with E-state index in [1.807, 2.05) is 68.4 Å². The van der Waals surface area contributed by atoms with Crippen molar-refractivity contribution in [3.8, 4) is 5.75 Å². The van der Waals surface area contributed by atoms with Gasteiger partial charge < -0.3 is 14.8 Å². The lowest BCUT2D eigenvalue weighted by Gasteiger charge is -2.19. The first-order valence-electron chi connectivity index (χ1n) is 9.14. The molecule has 1 N–H and O–H groups in total. The van der Waals surface area contributed by atoms with Crippen LogP contribution in [0.3, 0.4) is 0 Å². The van der Waals surface area contributed by atoms with Gasteiger partial charge in [0.2, 0.25) is 5.91 Å². The van der Waals surface area contributed by atoms with Crippen molar-refractivity contribution in [2.75, 3.05) is 7.11 Å². The van der Waals surface area contributed by atoms with Gasteiger partial charge >= 0.3 is 5.97 Å². The average molecular weight is 369 g/mol. The fourth-order valence-electron chi connectivity index (χ4n) is 2.77. The predicted molar refractivity (Wildman–Crippen MR) is 104 cm³/mol. The van der Waals surface area contributed by atoms with E-state index in [1.54, 1.807) is 7.11 Å². The van der Waals surface area contributed by atoms with Gasteiger partial charge in [0, 0.05) is 6.42 Å². The summed E-state index contributed by atoms with van der Waals surface area (Å²) in [6.07, 6.45) is 0.849. The van der Waals surface area contributed by atoms with Crippen LogP contribution in [0.2, 0.25) is 0 Å². The lowest BCUT2D eigenvalue weighted by molar-refractivity contribution is -0.148. The highest BCUT2D eigenvalue weighted by atomic mass is 16.5. The zero-order valence-corrected chi connectivity index (χ0v) is 16.1. The fourth-order valence-corrected chi connectivity index (χ4v) is 2.77. The first-order valence-corrected chi connectivity index (χ1v) is 9.14. The number of methoxy groups -OCH3 is 1. The maximum atomic E-state index is 12.5. The van der Waals surface area contributed by atoms with Crippen LogP contribution in [0.5, 0.6) is 5.75 Å². The Bertz CT molecular complexity index is 743. The number of hydrogen-bond donors (Lipinski definition) is 1. The molecule has 0 saturated heterocycles. The molecule has 2 aromatic carbocycles. The number of carbonyl (C=O) groups excluding carboxylic acids is 2. The van der Waals surface area contributed by atoms with Crippen LogP contribution in [0.4, 0.5) is 0 Å². The van der Waals surface area contributed by atoms with Crippen molar-refractivity contribution in [3.63, 3.8) is 0 Å². The second kappa shape index (κ2) is 10.4. The highest BCUT2D eigenvalue weighted by Crippen LogP contribution is 2.19. The molecule has 2 rings (SSSR count). The molecule has 2 aromatic rings. The molecule has 0 spiro atoms. The quantitative estimate of drug-likeness (QED) is 0.683. The molecule has 1 amide bonds. The van der Waals surface area contributed by atoms with E-state index in [1.165, 1.54) is 0 Å². The molecule has 144 valence electrons. The summed E-state index contributed by atoms with van der Waals surface area (Å²) in [7, 11) is 1.62. The van der Waals surface area contributed by atoms with Crippen molar-refractivity contribution in [3.05, 3.63) is 65.7 Å². The van der Waals surface area contributed by atoms with Crippen LogP contribution in [-0.4, -0.2) is 25.1 Å². The van der Waals surface area contributed by atoms with Crippen molar-refractivity contribution in [1.29, 1.82) is 0 Å². The second-order valence-electron chi connectivity index (χ2n) is 6.63. The Labute approximate surface area is 160 Å². The van der Waals surface area contributed by atoms with Crippen LogP contribution in [0.1, 0.15) is 43.9 Å².